The van der Waals surface area contributed by atoms with Crippen molar-refractivity contribution in [2.75, 3.05) is 5.32 Å². The molecule has 0 aliphatic heterocycles. The highest BCUT2D eigenvalue weighted by Crippen LogP contribution is 2.29. The van der Waals surface area contributed by atoms with Gasteiger partial charge in [-0.2, -0.15) is 0 Å². The average Bonchev–Trinajstić information content (AvgIpc) is 2.94. The van der Waals surface area contributed by atoms with Gasteiger partial charge in [-0.1, -0.05) is 18.2 Å². The number of amides is 3. The molecule has 0 bridgehead atoms. The molecular formula is C19H18FN3O3. The Labute approximate surface area is 149 Å². The van der Waals surface area contributed by atoms with Gasteiger partial charge in [-0.3, -0.25) is 4.79 Å². The van der Waals surface area contributed by atoms with E-state index in [1.54, 1.807) is 6.92 Å². The third-order valence-electron chi connectivity index (χ3n) is 4.12. The van der Waals surface area contributed by atoms with Crippen molar-refractivity contribution in [3.05, 3.63) is 65.2 Å². The topological polar surface area (TPSA) is 97.4 Å². The number of benzene rings is 2. The minimum absolute atomic E-state index is 0.0999. The number of furan rings is 1. The molecule has 0 aliphatic rings. The molecule has 134 valence electrons. The Morgan fingerprint density at radius 3 is 2.62 bits per heavy atom. The predicted molar refractivity (Wildman–Crippen MR) is 96.4 cm³/mol. The van der Waals surface area contributed by atoms with Gasteiger partial charge in [0, 0.05) is 16.5 Å². The second kappa shape index (κ2) is 6.87. The number of anilines is 1. The van der Waals surface area contributed by atoms with Crippen LogP contribution in [-0.2, 0) is 0 Å². The van der Waals surface area contributed by atoms with Gasteiger partial charge in [0.15, 0.2) is 0 Å². The number of aryl methyl sites for hydroxylation is 1. The number of rotatable bonds is 4. The maximum atomic E-state index is 13.8. The summed E-state index contributed by atoms with van der Waals surface area (Å²) in [5.41, 5.74) is 6.80. The molecule has 3 rings (SSSR count). The van der Waals surface area contributed by atoms with Crippen LogP contribution in [0, 0.1) is 12.7 Å². The van der Waals surface area contributed by atoms with E-state index >= 15 is 0 Å². The van der Waals surface area contributed by atoms with E-state index in [0.717, 1.165) is 22.6 Å². The SMILES string of the molecule is Cc1c([C@@H](C)NC(=O)Nc2cc(C(N)=O)ccc2F)oc2ccccc12. The van der Waals surface area contributed by atoms with Gasteiger partial charge < -0.3 is 20.8 Å². The molecule has 4 N–H and O–H groups in total. The van der Waals surface area contributed by atoms with Gasteiger partial charge in [-0.05, 0) is 38.1 Å². The van der Waals surface area contributed by atoms with Crippen LogP contribution in [0.15, 0.2) is 46.9 Å². The Morgan fingerprint density at radius 1 is 1.19 bits per heavy atom. The van der Waals surface area contributed by atoms with E-state index < -0.39 is 23.8 Å². The number of primary amides is 1. The maximum Gasteiger partial charge on any atom is 0.319 e. The first-order valence-corrected chi connectivity index (χ1v) is 8.01. The molecular weight excluding hydrogens is 337 g/mol. The zero-order valence-electron chi connectivity index (χ0n) is 14.3. The summed E-state index contributed by atoms with van der Waals surface area (Å²) in [5.74, 6) is -0.759. The molecule has 1 heterocycles. The molecule has 1 aromatic heterocycles. The molecule has 0 saturated heterocycles. The van der Waals surface area contributed by atoms with Crippen LogP contribution in [0.4, 0.5) is 14.9 Å². The maximum absolute atomic E-state index is 13.8. The molecule has 0 saturated carbocycles. The molecule has 0 fully saturated rings. The second-order valence-corrected chi connectivity index (χ2v) is 5.97. The second-order valence-electron chi connectivity index (χ2n) is 5.97. The van der Waals surface area contributed by atoms with Crippen LogP contribution in [0.25, 0.3) is 11.0 Å². The van der Waals surface area contributed by atoms with E-state index in [9.17, 15) is 14.0 Å². The Kier molecular flexibility index (Phi) is 4.62. The minimum Gasteiger partial charge on any atom is -0.459 e. The number of para-hydroxylation sites is 1. The summed E-state index contributed by atoms with van der Waals surface area (Å²) < 4.78 is 19.7. The largest absolute Gasteiger partial charge is 0.459 e. The van der Waals surface area contributed by atoms with E-state index in [1.807, 2.05) is 31.2 Å². The van der Waals surface area contributed by atoms with E-state index in [0.29, 0.717) is 5.76 Å². The lowest BCUT2D eigenvalue weighted by atomic mass is 10.1. The summed E-state index contributed by atoms with van der Waals surface area (Å²) in [6.07, 6.45) is 0. The lowest BCUT2D eigenvalue weighted by Gasteiger charge is -2.14. The fraction of sp³-hybridized carbons (Fsp3) is 0.158. The minimum atomic E-state index is -0.709. The van der Waals surface area contributed by atoms with Gasteiger partial charge in [0.2, 0.25) is 5.91 Å². The van der Waals surface area contributed by atoms with Gasteiger partial charge in [-0.25, -0.2) is 9.18 Å². The number of hydrogen-bond acceptors (Lipinski definition) is 3. The summed E-state index contributed by atoms with van der Waals surface area (Å²) in [6.45, 7) is 3.67. The van der Waals surface area contributed by atoms with Crippen LogP contribution in [0.5, 0.6) is 0 Å². The molecule has 0 aliphatic carbocycles. The van der Waals surface area contributed by atoms with Gasteiger partial charge >= 0.3 is 6.03 Å². The predicted octanol–water partition coefficient (Wildman–Crippen LogP) is 3.86. The Bertz CT molecular complexity index is 997. The fourth-order valence-electron chi connectivity index (χ4n) is 2.80. The van der Waals surface area contributed by atoms with Crippen molar-refractivity contribution < 1.29 is 18.4 Å². The van der Waals surface area contributed by atoms with Crippen LogP contribution in [0.1, 0.15) is 34.6 Å². The third kappa shape index (κ3) is 3.37. The first kappa shape index (κ1) is 17.5. The average molecular weight is 355 g/mol. The Morgan fingerprint density at radius 2 is 1.92 bits per heavy atom. The molecule has 0 unspecified atom stereocenters. The summed E-state index contributed by atoms with van der Waals surface area (Å²) >= 11 is 0. The van der Waals surface area contributed by atoms with Gasteiger partial charge in [-0.15, -0.1) is 0 Å². The molecule has 0 radical (unpaired) electrons. The molecule has 3 amide bonds. The summed E-state index contributed by atoms with van der Waals surface area (Å²) in [4.78, 5) is 23.4. The van der Waals surface area contributed by atoms with Gasteiger partial charge in [0.1, 0.15) is 17.2 Å². The number of fused-ring (bicyclic) bond motifs is 1. The van der Waals surface area contributed by atoms with Crippen molar-refractivity contribution >= 4 is 28.6 Å². The number of carbonyl (C=O) groups is 2. The Hall–Kier alpha value is -3.35. The quantitative estimate of drug-likeness (QED) is 0.663. The van der Waals surface area contributed by atoms with E-state index in [2.05, 4.69) is 10.6 Å². The summed E-state index contributed by atoms with van der Waals surface area (Å²) in [5, 5.41) is 6.05. The Balaban J connectivity index is 1.76. The zero-order valence-corrected chi connectivity index (χ0v) is 14.3. The summed E-state index contributed by atoms with van der Waals surface area (Å²) in [6, 6.07) is 10.0. The first-order chi connectivity index (χ1) is 12.4. The number of nitrogens with one attached hydrogen (secondary N) is 2. The number of halogens is 1. The monoisotopic (exact) mass is 355 g/mol. The van der Waals surface area contributed by atoms with Crippen molar-refractivity contribution in [1.82, 2.24) is 5.32 Å². The van der Waals surface area contributed by atoms with Crippen LogP contribution >= 0.6 is 0 Å². The highest BCUT2D eigenvalue weighted by atomic mass is 19.1. The van der Waals surface area contributed by atoms with Gasteiger partial charge in [0.25, 0.3) is 0 Å². The molecule has 26 heavy (non-hydrogen) atoms. The highest BCUT2D eigenvalue weighted by molar-refractivity contribution is 5.96. The lowest BCUT2D eigenvalue weighted by molar-refractivity contribution is 0.1000. The lowest BCUT2D eigenvalue weighted by Crippen LogP contribution is -2.31. The number of urea groups is 1. The molecule has 6 nitrogen and oxygen atoms in total. The number of carbonyl (C=O) groups excluding carboxylic acids is 2. The molecule has 2 aromatic carbocycles. The van der Waals surface area contributed by atoms with Crippen LogP contribution < -0.4 is 16.4 Å². The van der Waals surface area contributed by atoms with Crippen molar-refractivity contribution in [1.29, 1.82) is 0 Å². The molecule has 0 spiro atoms. The van der Waals surface area contributed by atoms with E-state index in [1.165, 1.54) is 12.1 Å². The van der Waals surface area contributed by atoms with E-state index in [-0.39, 0.29) is 11.3 Å². The van der Waals surface area contributed by atoms with Crippen LogP contribution in [-0.4, -0.2) is 11.9 Å². The smallest absolute Gasteiger partial charge is 0.319 e. The third-order valence-corrected chi connectivity index (χ3v) is 4.12. The molecule has 1 atom stereocenters. The van der Waals surface area contributed by atoms with Crippen molar-refractivity contribution in [2.45, 2.75) is 19.9 Å². The van der Waals surface area contributed by atoms with E-state index in [4.69, 9.17) is 10.2 Å². The van der Waals surface area contributed by atoms with Crippen molar-refractivity contribution in [2.24, 2.45) is 5.73 Å². The zero-order chi connectivity index (χ0) is 18.8. The molecule has 3 aromatic rings. The van der Waals surface area contributed by atoms with Crippen molar-refractivity contribution in [3.63, 3.8) is 0 Å². The van der Waals surface area contributed by atoms with Crippen LogP contribution in [0.2, 0.25) is 0 Å². The number of nitrogens with two attached hydrogens (primary N) is 1. The standard InChI is InChI=1S/C19H18FN3O3/c1-10-13-5-3-4-6-16(13)26-17(10)11(2)22-19(25)23-15-9-12(18(21)24)7-8-14(15)20/h3-9,11H,1-2H3,(H2,21,24)(H2,22,23,25)/t11-/m1/s1. The summed E-state index contributed by atoms with van der Waals surface area (Å²) in [7, 11) is 0. The van der Waals surface area contributed by atoms with Gasteiger partial charge in [0.05, 0.1) is 11.7 Å². The van der Waals surface area contributed by atoms with Crippen molar-refractivity contribution in [3.8, 4) is 0 Å². The number of hydrogen-bond donors (Lipinski definition) is 3. The highest BCUT2D eigenvalue weighted by Gasteiger charge is 2.19. The van der Waals surface area contributed by atoms with Crippen LogP contribution in [0.3, 0.4) is 0 Å². The normalized spacial score (nSPS) is 12.0. The molecule has 7 heteroatoms. The first-order valence-electron chi connectivity index (χ1n) is 8.01. The fourth-order valence-corrected chi connectivity index (χ4v) is 2.80.